The van der Waals surface area contributed by atoms with Crippen LogP contribution in [0.15, 0.2) is 9.41 Å². The molecule has 0 aromatic carbocycles. The Hall–Kier alpha value is -1.60. The summed E-state index contributed by atoms with van der Waals surface area (Å²) in [5.74, 6) is 1.87. The molecule has 0 radical (unpaired) electrons. The van der Waals surface area contributed by atoms with Gasteiger partial charge in [0.1, 0.15) is 5.69 Å². The lowest BCUT2D eigenvalue weighted by molar-refractivity contribution is 0.0215. The fourth-order valence-electron chi connectivity index (χ4n) is 2.74. The van der Waals surface area contributed by atoms with Crippen molar-refractivity contribution in [3.63, 3.8) is 0 Å². The fraction of sp³-hybridized carbons (Fsp3) is 0.714. The van der Waals surface area contributed by atoms with Gasteiger partial charge >= 0.3 is 0 Å². The van der Waals surface area contributed by atoms with E-state index < -0.39 is 0 Å². The molecule has 1 fully saturated rings. The van der Waals surface area contributed by atoms with E-state index in [1.165, 1.54) is 12.8 Å². The number of aromatic nitrogens is 1. The summed E-state index contributed by atoms with van der Waals surface area (Å²) in [7, 11) is 0. The van der Waals surface area contributed by atoms with Crippen molar-refractivity contribution in [1.82, 2.24) is 20.3 Å². The number of guanidine groups is 1. The number of nitrogens with zero attached hydrogens (tertiary/aromatic N) is 4. The van der Waals surface area contributed by atoms with E-state index in [0.717, 1.165) is 50.6 Å². The van der Waals surface area contributed by atoms with E-state index in [9.17, 15) is 0 Å². The second-order valence-corrected chi connectivity index (χ2v) is 5.55. The first-order chi connectivity index (χ1) is 10.3. The molecule has 3 N–H and O–H groups in total. The highest BCUT2D eigenvalue weighted by molar-refractivity contribution is 5.81. The maximum atomic E-state index is 6.08. The van der Waals surface area contributed by atoms with Crippen LogP contribution in [-0.4, -0.2) is 47.1 Å². The van der Waals surface area contributed by atoms with Crippen LogP contribution in [-0.2, 0) is 13.0 Å². The number of rotatable bonds is 5. The number of fused-ring (bicyclic) bond motifs is 1. The molecular weight excluding hydrogens is 268 g/mol. The number of piperazine rings is 1. The van der Waals surface area contributed by atoms with E-state index in [4.69, 9.17) is 10.2 Å². The molecule has 1 aromatic heterocycles. The third-order valence-electron chi connectivity index (χ3n) is 3.93. The molecule has 0 saturated carbocycles. The summed E-state index contributed by atoms with van der Waals surface area (Å²) in [6.07, 6.45) is 4.38. The highest BCUT2D eigenvalue weighted by Crippen LogP contribution is 2.27. The van der Waals surface area contributed by atoms with Gasteiger partial charge in [0.2, 0.25) is 11.8 Å². The number of nitrogens with two attached hydrogens (primary N) is 1. The van der Waals surface area contributed by atoms with Crippen molar-refractivity contribution < 1.29 is 4.42 Å². The Morgan fingerprint density at radius 1 is 1.29 bits per heavy atom. The van der Waals surface area contributed by atoms with E-state index in [0.29, 0.717) is 18.4 Å². The number of aliphatic imine (C=N–C) groups is 1. The molecule has 2 aliphatic heterocycles. The van der Waals surface area contributed by atoms with Crippen LogP contribution in [0.1, 0.15) is 37.8 Å². The highest BCUT2D eigenvalue weighted by atomic mass is 16.4. The van der Waals surface area contributed by atoms with Crippen LogP contribution in [0, 0.1) is 0 Å². The SMILES string of the molecule is CCCCCc1nc2c(o1)N=C(N)N(N1CCNCC1)C2. The third kappa shape index (κ3) is 3.19. The Balaban J connectivity index is 1.69. The Kier molecular flexibility index (Phi) is 4.40. The smallest absolute Gasteiger partial charge is 0.247 e. The van der Waals surface area contributed by atoms with Crippen LogP contribution in [0.5, 0.6) is 0 Å². The van der Waals surface area contributed by atoms with Gasteiger partial charge in [0.15, 0.2) is 5.89 Å². The Bertz CT molecular complexity index is 506. The second kappa shape index (κ2) is 6.44. The number of nitrogens with one attached hydrogen (secondary N) is 1. The molecule has 7 heteroatoms. The molecule has 7 nitrogen and oxygen atoms in total. The monoisotopic (exact) mass is 292 g/mol. The van der Waals surface area contributed by atoms with Crippen LogP contribution < -0.4 is 11.1 Å². The van der Waals surface area contributed by atoms with Crippen molar-refractivity contribution in [2.75, 3.05) is 26.2 Å². The first-order valence-electron chi connectivity index (χ1n) is 7.83. The molecule has 21 heavy (non-hydrogen) atoms. The zero-order valence-corrected chi connectivity index (χ0v) is 12.6. The highest BCUT2D eigenvalue weighted by Gasteiger charge is 2.28. The minimum atomic E-state index is 0.501. The lowest BCUT2D eigenvalue weighted by Crippen LogP contribution is -2.56. The van der Waals surface area contributed by atoms with E-state index in [-0.39, 0.29) is 0 Å². The summed E-state index contributed by atoms with van der Waals surface area (Å²) in [6.45, 7) is 6.66. The van der Waals surface area contributed by atoms with Crippen LogP contribution in [0.2, 0.25) is 0 Å². The maximum absolute atomic E-state index is 6.08. The molecule has 2 aliphatic rings. The van der Waals surface area contributed by atoms with Gasteiger partial charge in [0.05, 0.1) is 6.54 Å². The standard InChI is InChI=1S/C14H24N6O/c1-2-3-4-5-12-17-11-10-20(14(15)18-13(11)21-12)19-8-6-16-7-9-19/h16H,2-10H2,1H3,(H2,15,18). The van der Waals surface area contributed by atoms with Gasteiger partial charge in [-0.3, -0.25) is 5.01 Å². The Morgan fingerprint density at radius 2 is 2.10 bits per heavy atom. The van der Waals surface area contributed by atoms with Crippen LogP contribution >= 0.6 is 0 Å². The summed E-state index contributed by atoms with van der Waals surface area (Å²) in [5.41, 5.74) is 6.98. The average Bonchev–Trinajstić information content (AvgIpc) is 2.89. The summed E-state index contributed by atoms with van der Waals surface area (Å²) in [4.78, 5) is 8.97. The zero-order chi connectivity index (χ0) is 14.7. The minimum Gasteiger partial charge on any atom is -0.422 e. The molecule has 0 aliphatic carbocycles. The van der Waals surface area contributed by atoms with Crippen molar-refractivity contribution in [2.45, 2.75) is 39.2 Å². The number of oxazole rings is 1. The molecule has 3 rings (SSSR count). The molecule has 1 saturated heterocycles. The normalized spacial score (nSPS) is 19.5. The summed E-state index contributed by atoms with van der Waals surface area (Å²) >= 11 is 0. The summed E-state index contributed by atoms with van der Waals surface area (Å²) in [5, 5.41) is 7.58. The van der Waals surface area contributed by atoms with Crippen molar-refractivity contribution in [2.24, 2.45) is 10.7 Å². The summed E-state index contributed by atoms with van der Waals surface area (Å²) in [6, 6.07) is 0. The van der Waals surface area contributed by atoms with Crippen molar-refractivity contribution >= 4 is 11.8 Å². The van der Waals surface area contributed by atoms with E-state index in [1.807, 2.05) is 5.01 Å². The number of hydrogen-bond donors (Lipinski definition) is 2. The van der Waals surface area contributed by atoms with Gasteiger partial charge in [-0.25, -0.2) is 9.99 Å². The van der Waals surface area contributed by atoms with E-state index in [2.05, 4.69) is 27.2 Å². The molecule has 0 amide bonds. The van der Waals surface area contributed by atoms with Crippen LogP contribution in [0.4, 0.5) is 5.88 Å². The average molecular weight is 292 g/mol. The molecule has 0 bridgehead atoms. The second-order valence-electron chi connectivity index (χ2n) is 5.55. The van der Waals surface area contributed by atoms with Gasteiger partial charge in [-0.2, -0.15) is 4.99 Å². The number of hydrazine groups is 1. The first-order valence-corrected chi connectivity index (χ1v) is 7.83. The minimum absolute atomic E-state index is 0.501. The van der Waals surface area contributed by atoms with Gasteiger partial charge < -0.3 is 15.5 Å². The quantitative estimate of drug-likeness (QED) is 0.788. The lowest BCUT2D eigenvalue weighted by Gasteiger charge is -2.38. The molecule has 116 valence electrons. The Morgan fingerprint density at radius 3 is 2.86 bits per heavy atom. The van der Waals surface area contributed by atoms with Crippen LogP contribution in [0.3, 0.4) is 0 Å². The van der Waals surface area contributed by atoms with E-state index in [1.54, 1.807) is 0 Å². The van der Waals surface area contributed by atoms with Gasteiger partial charge in [-0.05, 0) is 6.42 Å². The predicted molar refractivity (Wildman–Crippen MR) is 81.0 cm³/mol. The largest absolute Gasteiger partial charge is 0.422 e. The van der Waals surface area contributed by atoms with Crippen molar-refractivity contribution in [1.29, 1.82) is 0 Å². The number of unbranched alkanes of at least 4 members (excludes halogenated alkanes) is 2. The molecule has 3 heterocycles. The third-order valence-corrected chi connectivity index (χ3v) is 3.93. The number of aryl methyl sites for hydroxylation is 1. The van der Waals surface area contributed by atoms with Crippen molar-refractivity contribution in [3.05, 3.63) is 11.6 Å². The van der Waals surface area contributed by atoms with Crippen LogP contribution in [0.25, 0.3) is 0 Å². The van der Waals surface area contributed by atoms with Gasteiger partial charge in [0.25, 0.3) is 0 Å². The molecular formula is C14H24N6O. The molecule has 1 aromatic rings. The first kappa shape index (κ1) is 14.3. The predicted octanol–water partition coefficient (Wildman–Crippen LogP) is 0.989. The topological polar surface area (TPSA) is 82.9 Å². The Labute approximate surface area is 125 Å². The van der Waals surface area contributed by atoms with E-state index >= 15 is 0 Å². The van der Waals surface area contributed by atoms with Gasteiger partial charge in [0, 0.05) is 32.6 Å². The summed E-state index contributed by atoms with van der Waals surface area (Å²) < 4.78 is 5.72. The molecule has 0 unspecified atom stereocenters. The zero-order valence-electron chi connectivity index (χ0n) is 12.6. The maximum Gasteiger partial charge on any atom is 0.247 e. The fourth-order valence-corrected chi connectivity index (χ4v) is 2.74. The van der Waals surface area contributed by atoms with Crippen molar-refractivity contribution in [3.8, 4) is 0 Å². The molecule has 0 atom stereocenters. The number of hydrogen-bond acceptors (Lipinski definition) is 7. The van der Waals surface area contributed by atoms with Gasteiger partial charge in [-0.1, -0.05) is 19.8 Å². The van der Waals surface area contributed by atoms with Gasteiger partial charge in [-0.15, -0.1) is 0 Å². The molecule has 0 spiro atoms. The lowest BCUT2D eigenvalue weighted by atomic mass is 10.2.